The van der Waals surface area contributed by atoms with E-state index in [1.165, 1.54) is 6.07 Å². The molecule has 1 aromatic rings. The van der Waals surface area contributed by atoms with Crippen molar-refractivity contribution in [3.05, 3.63) is 24.0 Å². The van der Waals surface area contributed by atoms with Crippen molar-refractivity contribution in [2.24, 2.45) is 0 Å². The number of nitrogens with one attached hydrogen (secondary N) is 1. The summed E-state index contributed by atoms with van der Waals surface area (Å²) in [4.78, 5) is 13.1. The number of halogens is 3. The van der Waals surface area contributed by atoms with Gasteiger partial charge in [0.05, 0.1) is 0 Å². The maximum absolute atomic E-state index is 13.4. The Kier molecular flexibility index (Phi) is 4.01. The lowest BCUT2D eigenvalue weighted by Gasteiger charge is -2.18. The summed E-state index contributed by atoms with van der Waals surface area (Å²) in [6.07, 6.45) is 2.12. The third-order valence-electron chi connectivity index (χ3n) is 2.82. The third kappa shape index (κ3) is 3.10. The summed E-state index contributed by atoms with van der Waals surface area (Å²) in [6.45, 7) is 1.72. The fourth-order valence-electron chi connectivity index (χ4n) is 2.00. The second-order valence-electron chi connectivity index (χ2n) is 4.18. The van der Waals surface area contributed by atoms with Crippen molar-refractivity contribution in [1.29, 1.82) is 0 Å². The first-order chi connectivity index (χ1) is 8.56. The predicted octanol–water partition coefficient (Wildman–Crippen LogP) is 2.90. The van der Waals surface area contributed by atoms with E-state index in [-0.39, 0.29) is 5.69 Å². The van der Waals surface area contributed by atoms with Gasteiger partial charge in [0, 0.05) is 24.5 Å². The molecule has 1 heterocycles. The molecule has 0 aromatic heterocycles. The lowest BCUT2D eigenvalue weighted by Crippen LogP contribution is -2.21. The van der Waals surface area contributed by atoms with E-state index in [0.29, 0.717) is 5.69 Å². The van der Waals surface area contributed by atoms with Gasteiger partial charge in [-0.25, -0.2) is 8.78 Å². The molecule has 18 heavy (non-hydrogen) atoms. The molecule has 1 aromatic carbocycles. The normalized spacial score (nSPS) is 16.7. The number of anilines is 2. The lowest BCUT2D eigenvalue weighted by molar-refractivity contribution is -0.118. The van der Waals surface area contributed by atoms with Gasteiger partial charge in [-0.2, -0.15) is 0 Å². The molecule has 1 N–H and O–H groups in total. The number of hydrogen-bond donors (Lipinski definition) is 1. The summed E-state index contributed by atoms with van der Waals surface area (Å²) < 4.78 is 26.0. The lowest BCUT2D eigenvalue weighted by atomic mass is 10.2. The largest absolute Gasteiger partial charge is 0.371 e. The topological polar surface area (TPSA) is 32.3 Å². The van der Waals surface area contributed by atoms with Crippen LogP contribution in [0.4, 0.5) is 20.2 Å². The molecular formula is C12H13ClF2N2O. The van der Waals surface area contributed by atoms with Gasteiger partial charge in [-0.15, -0.1) is 0 Å². The van der Waals surface area contributed by atoms with E-state index >= 15 is 0 Å². The highest BCUT2D eigenvalue weighted by atomic mass is 35.5. The standard InChI is InChI=1S/C12H13ClF2N2O/c13-11(15)12(18)16-9-5-8(14)6-10(7-9)17-3-1-2-4-17/h5-7,11H,1-4H2,(H,16,18). The summed E-state index contributed by atoms with van der Waals surface area (Å²) in [6, 6.07) is 4.15. The average molecular weight is 275 g/mol. The van der Waals surface area contributed by atoms with Crippen molar-refractivity contribution in [3.8, 4) is 0 Å². The Balaban J connectivity index is 2.18. The van der Waals surface area contributed by atoms with Crippen molar-refractivity contribution >= 4 is 28.9 Å². The zero-order valence-corrected chi connectivity index (χ0v) is 10.4. The second-order valence-corrected chi connectivity index (χ2v) is 4.57. The summed E-state index contributed by atoms with van der Waals surface area (Å²) in [5.41, 5.74) is -1.23. The van der Waals surface area contributed by atoms with Crippen molar-refractivity contribution < 1.29 is 13.6 Å². The smallest absolute Gasteiger partial charge is 0.274 e. The van der Waals surface area contributed by atoms with Gasteiger partial charge >= 0.3 is 0 Å². The van der Waals surface area contributed by atoms with Gasteiger partial charge in [-0.1, -0.05) is 11.6 Å². The monoisotopic (exact) mass is 274 g/mol. The van der Waals surface area contributed by atoms with Crippen molar-refractivity contribution in [2.75, 3.05) is 23.3 Å². The Morgan fingerprint density at radius 2 is 2.00 bits per heavy atom. The first-order valence-corrected chi connectivity index (χ1v) is 6.14. The molecule has 0 spiro atoms. The predicted molar refractivity (Wildman–Crippen MR) is 67.2 cm³/mol. The number of rotatable bonds is 3. The number of carbonyl (C=O) groups excluding carboxylic acids is 1. The van der Waals surface area contributed by atoms with Crippen LogP contribution in [0.3, 0.4) is 0 Å². The molecule has 1 amide bonds. The van der Waals surface area contributed by atoms with E-state index < -0.39 is 17.4 Å². The highest BCUT2D eigenvalue weighted by molar-refractivity contribution is 6.31. The molecule has 6 heteroatoms. The maximum Gasteiger partial charge on any atom is 0.274 e. The molecule has 1 fully saturated rings. The first-order valence-electron chi connectivity index (χ1n) is 5.71. The van der Waals surface area contributed by atoms with Crippen LogP contribution in [0, 0.1) is 5.82 Å². The molecule has 1 aliphatic heterocycles. The van der Waals surface area contributed by atoms with E-state index in [0.717, 1.165) is 32.0 Å². The van der Waals surface area contributed by atoms with Crippen LogP contribution in [0.15, 0.2) is 18.2 Å². The highest BCUT2D eigenvalue weighted by Gasteiger charge is 2.17. The molecule has 2 rings (SSSR count). The highest BCUT2D eigenvalue weighted by Crippen LogP contribution is 2.25. The van der Waals surface area contributed by atoms with Gasteiger partial charge in [0.2, 0.25) is 0 Å². The van der Waals surface area contributed by atoms with E-state index in [9.17, 15) is 13.6 Å². The number of benzene rings is 1. The minimum absolute atomic E-state index is 0.213. The maximum atomic E-state index is 13.4. The third-order valence-corrected chi connectivity index (χ3v) is 3.02. The Labute approximate surface area is 109 Å². The van der Waals surface area contributed by atoms with Crippen molar-refractivity contribution in [1.82, 2.24) is 0 Å². The van der Waals surface area contributed by atoms with E-state index in [1.807, 2.05) is 4.90 Å². The fraction of sp³-hybridized carbons (Fsp3) is 0.417. The van der Waals surface area contributed by atoms with E-state index in [4.69, 9.17) is 11.6 Å². The molecule has 0 saturated carbocycles. The van der Waals surface area contributed by atoms with Crippen LogP contribution in [-0.2, 0) is 4.79 Å². The molecule has 1 atom stereocenters. The number of carbonyl (C=O) groups is 1. The van der Waals surface area contributed by atoms with Crippen LogP contribution in [0.25, 0.3) is 0 Å². The van der Waals surface area contributed by atoms with Crippen LogP contribution in [0.2, 0.25) is 0 Å². The first kappa shape index (κ1) is 13.1. The number of alkyl halides is 2. The Hall–Kier alpha value is -1.36. The molecule has 98 valence electrons. The Morgan fingerprint density at radius 3 is 2.61 bits per heavy atom. The van der Waals surface area contributed by atoms with E-state index in [2.05, 4.69) is 5.32 Å². The molecule has 1 unspecified atom stereocenters. The van der Waals surface area contributed by atoms with Gasteiger partial charge in [-0.05, 0) is 31.0 Å². The van der Waals surface area contributed by atoms with Gasteiger partial charge in [0.25, 0.3) is 11.5 Å². The molecular weight excluding hydrogens is 262 g/mol. The summed E-state index contributed by atoms with van der Waals surface area (Å²) in [5.74, 6) is -1.46. The molecule has 0 radical (unpaired) electrons. The Bertz CT molecular complexity index is 448. The van der Waals surface area contributed by atoms with Crippen LogP contribution in [0.5, 0.6) is 0 Å². The molecule has 0 aliphatic carbocycles. The van der Waals surface area contributed by atoms with Gasteiger partial charge in [-0.3, -0.25) is 4.79 Å². The molecule has 3 nitrogen and oxygen atoms in total. The zero-order chi connectivity index (χ0) is 13.1. The van der Waals surface area contributed by atoms with Crippen LogP contribution < -0.4 is 10.2 Å². The second kappa shape index (κ2) is 5.52. The van der Waals surface area contributed by atoms with Gasteiger partial charge < -0.3 is 10.2 Å². The SMILES string of the molecule is O=C(Nc1cc(F)cc(N2CCCC2)c1)C(F)Cl. The van der Waals surface area contributed by atoms with E-state index in [1.54, 1.807) is 6.07 Å². The minimum Gasteiger partial charge on any atom is -0.371 e. The van der Waals surface area contributed by atoms with Crippen LogP contribution in [0.1, 0.15) is 12.8 Å². The quantitative estimate of drug-likeness (QED) is 0.860. The molecule has 1 saturated heterocycles. The van der Waals surface area contributed by atoms with Crippen LogP contribution in [-0.4, -0.2) is 24.6 Å². The average Bonchev–Trinajstić information content (AvgIpc) is 2.81. The number of hydrogen-bond acceptors (Lipinski definition) is 2. The number of nitrogens with zero attached hydrogens (tertiary/aromatic N) is 1. The summed E-state index contributed by atoms with van der Waals surface area (Å²) in [5, 5.41) is 2.23. The summed E-state index contributed by atoms with van der Waals surface area (Å²) >= 11 is 5.00. The van der Waals surface area contributed by atoms with Crippen molar-refractivity contribution in [3.63, 3.8) is 0 Å². The minimum atomic E-state index is -2.14. The summed E-state index contributed by atoms with van der Waals surface area (Å²) in [7, 11) is 0. The van der Waals surface area contributed by atoms with Crippen molar-refractivity contribution in [2.45, 2.75) is 18.5 Å². The Morgan fingerprint density at radius 1 is 1.33 bits per heavy atom. The van der Waals surface area contributed by atoms with Crippen LogP contribution >= 0.6 is 11.6 Å². The fourth-order valence-corrected chi connectivity index (χ4v) is 2.06. The zero-order valence-electron chi connectivity index (χ0n) is 9.63. The van der Waals surface area contributed by atoms with Gasteiger partial charge in [0.15, 0.2) is 0 Å². The molecule has 1 aliphatic rings. The van der Waals surface area contributed by atoms with Gasteiger partial charge in [0.1, 0.15) is 5.82 Å². The molecule has 0 bridgehead atoms. The number of amides is 1.